The second-order valence-electron chi connectivity index (χ2n) is 7.22. The Morgan fingerprint density at radius 3 is 2.23 bits per heavy atom. The highest BCUT2D eigenvalue weighted by Crippen LogP contribution is 2.17. The van der Waals surface area contributed by atoms with Gasteiger partial charge in [0.25, 0.3) is 5.91 Å². The summed E-state index contributed by atoms with van der Waals surface area (Å²) in [6.07, 6.45) is 0.801. The van der Waals surface area contributed by atoms with Gasteiger partial charge in [0.1, 0.15) is 0 Å². The fourth-order valence-corrected chi connectivity index (χ4v) is 3.25. The zero-order valence-electron chi connectivity index (χ0n) is 16.0. The molecule has 0 saturated carbocycles. The molecule has 2 amide bonds. The third kappa shape index (κ3) is 3.69. The van der Waals surface area contributed by atoms with Gasteiger partial charge < -0.3 is 9.80 Å². The second-order valence-corrected chi connectivity index (χ2v) is 7.22. The van der Waals surface area contributed by atoms with Gasteiger partial charge >= 0.3 is 0 Å². The highest BCUT2D eigenvalue weighted by molar-refractivity contribution is 5.97. The van der Waals surface area contributed by atoms with Crippen LogP contribution in [0.4, 0.5) is 0 Å². The Morgan fingerprint density at radius 2 is 1.54 bits per heavy atom. The van der Waals surface area contributed by atoms with E-state index in [2.05, 4.69) is 9.97 Å². The lowest BCUT2D eigenvalue weighted by atomic mass is 10.1. The topological polar surface area (TPSA) is 66.4 Å². The third-order valence-corrected chi connectivity index (χ3v) is 4.91. The van der Waals surface area contributed by atoms with Crippen LogP contribution < -0.4 is 0 Å². The lowest BCUT2D eigenvalue weighted by Gasteiger charge is -2.23. The molecule has 6 nitrogen and oxygen atoms in total. The van der Waals surface area contributed by atoms with Crippen LogP contribution >= 0.6 is 0 Å². The molecule has 1 aliphatic heterocycles. The normalized spacial score (nSPS) is 15.4. The van der Waals surface area contributed by atoms with Crippen molar-refractivity contribution in [1.82, 2.24) is 19.8 Å². The molecule has 1 saturated heterocycles. The molecule has 0 bridgehead atoms. The van der Waals surface area contributed by atoms with Gasteiger partial charge in [-0.05, 0) is 38.5 Å². The summed E-state index contributed by atoms with van der Waals surface area (Å²) in [5.74, 6) is 0.139. The van der Waals surface area contributed by atoms with Gasteiger partial charge in [-0.1, -0.05) is 13.8 Å². The standard InChI is InChI=1S/C20H26N4O2/c1-13(2)19(25)23-8-5-9-24(11-10-23)20(26)16-6-7-17-18(12-16)22-15(4)14(3)21-17/h6-7,12-13H,5,8-11H2,1-4H3. The van der Waals surface area contributed by atoms with Crippen molar-refractivity contribution in [1.29, 1.82) is 0 Å². The Labute approximate surface area is 154 Å². The van der Waals surface area contributed by atoms with E-state index in [0.29, 0.717) is 31.7 Å². The molecule has 0 unspecified atom stereocenters. The van der Waals surface area contributed by atoms with Gasteiger partial charge in [-0.2, -0.15) is 0 Å². The number of amides is 2. The smallest absolute Gasteiger partial charge is 0.253 e. The van der Waals surface area contributed by atoms with E-state index in [1.807, 2.05) is 55.7 Å². The summed E-state index contributed by atoms with van der Waals surface area (Å²) in [5, 5.41) is 0. The number of carbonyl (C=O) groups excluding carboxylic acids is 2. The summed E-state index contributed by atoms with van der Waals surface area (Å²) in [4.78, 5) is 37.9. The monoisotopic (exact) mass is 354 g/mol. The van der Waals surface area contributed by atoms with Gasteiger partial charge in [0.05, 0.1) is 22.4 Å². The third-order valence-electron chi connectivity index (χ3n) is 4.91. The average Bonchev–Trinajstić information content (AvgIpc) is 2.87. The maximum Gasteiger partial charge on any atom is 0.253 e. The van der Waals surface area contributed by atoms with Crippen LogP contribution in [-0.2, 0) is 4.79 Å². The fraction of sp³-hybridized carbons (Fsp3) is 0.500. The van der Waals surface area contributed by atoms with Crippen molar-refractivity contribution in [2.45, 2.75) is 34.1 Å². The first-order valence-electron chi connectivity index (χ1n) is 9.20. The Morgan fingerprint density at radius 1 is 0.923 bits per heavy atom. The predicted octanol–water partition coefficient (Wildman–Crippen LogP) is 2.58. The van der Waals surface area contributed by atoms with Crippen LogP contribution in [0.3, 0.4) is 0 Å². The number of aromatic nitrogens is 2. The molecule has 2 heterocycles. The van der Waals surface area contributed by atoms with E-state index in [1.54, 1.807) is 0 Å². The largest absolute Gasteiger partial charge is 0.341 e. The molecular formula is C20H26N4O2. The van der Waals surface area contributed by atoms with Crippen molar-refractivity contribution in [3.05, 3.63) is 35.2 Å². The number of hydrogen-bond acceptors (Lipinski definition) is 4. The number of benzene rings is 1. The van der Waals surface area contributed by atoms with Crippen molar-refractivity contribution in [3.8, 4) is 0 Å². The molecule has 1 fully saturated rings. The number of aryl methyl sites for hydroxylation is 2. The highest BCUT2D eigenvalue weighted by Gasteiger charge is 2.24. The maximum atomic E-state index is 12.9. The fourth-order valence-electron chi connectivity index (χ4n) is 3.25. The van der Waals surface area contributed by atoms with Gasteiger partial charge in [-0.15, -0.1) is 0 Å². The predicted molar refractivity (Wildman–Crippen MR) is 101 cm³/mol. The maximum absolute atomic E-state index is 12.9. The summed E-state index contributed by atoms with van der Waals surface area (Å²) < 4.78 is 0. The van der Waals surface area contributed by atoms with Gasteiger partial charge in [-0.25, -0.2) is 9.97 Å². The lowest BCUT2D eigenvalue weighted by Crippen LogP contribution is -2.38. The molecule has 0 spiro atoms. The van der Waals surface area contributed by atoms with Crippen LogP contribution in [0.5, 0.6) is 0 Å². The SMILES string of the molecule is Cc1nc2ccc(C(=O)N3CCCN(C(=O)C(C)C)CC3)cc2nc1C. The van der Waals surface area contributed by atoms with Gasteiger partial charge in [0.15, 0.2) is 0 Å². The summed E-state index contributed by atoms with van der Waals surface area (Å²) in [7, 11) is 0. The minimum absolute atomic E-state index is 0.00854. The van der Waals surface area contributed by atoms with Crippen LogP contribution in [0.15, 0.2) is 18.2 Å². The Balaban J connectivity index is 1.77. The van der Waals surface area contributed by atoms with Crippen LogP contribution in [0.2, 0.25) is 0 Å². The minimum atomic E-state index is -0.0111. The van der Waals surface area contributed by atoms with E-state index >= 15 is 0 Å². The van der Waals surface area contributed by atoms with Gasteiger partial charge in [-0.3, -0.25) is 9.59 Å². The van der Waals surface area contributed by atoms with Gasteiger partial charge in [0, 0.05) is 37.7 Å². The van der Waals surface area contributed by atoms with Crippen molar-refractivity contribution in [2.75, 3.05) is 26.2 Å². The van der Waals surface area contributed by atoms with Crippen LogP contribution in [0.1, 0.15) is 42.0 Å². The van der Waals surface area contributed by atoms with E-state index in [1.165, 1.54) is 0 Å². The van der Waals surface area contributed by atoms with Crippen LogP contribution in [-0.4, -0.2) is 57.8 Å². The lowest BCUT2D eigenvalue weighted by molar-refractivity contribution is -0.134. The number of rotatable bonds is 2. The molecule has 0 atom stereocenters. The zero-order valence-corrected chi connectivity index (χ0v) is 16.0. The quantitative estimate of drug-likeness (QED) is 0.831. The molecular weight excluding hydrogens is 328 g/mol. The first-order chi connectivity index (χ1) is 12.4. The Kier molecular flexibility index (Phi) is 5.20. The van der Waals surface area contributed by atoms with E-state index < -0.39 is 0 Å². The van der Waals surface area contributed by atoms with E-state index in [9.17, 15) is 9.59 Å². The van der Waals surface area contributed by atoms with Crippen LogP contribution in [0, 0.1) is 19.8 Å². The molecule has 1 aromatic carbocycles. The molecule has 1 aliphatic rings. The van der Waals surface area contributed by atoms with Gasteiger partial charge in [0.2, 0.25) is 5.91 Å². The van der Waals surface area contributed by atoms with Crippen molar-refractivity contribution in [2.24, 2.45) is 5.92 Å². The number of carbonyl (C=O) groups is 2. The van der Waals surface area contributed by atoms with Crippen molar-refractivity contribution >= 4 is 22.8 Å². The molecule has 6 heteroatoms. The van der Waals surface area contributed by atoms with Crippen LogP contribution in [0.25, 0.3) is 11.0 Å². The number of nitrogens with zero attached hydrogens (tertiary/aromatic N) is 4. The van der Waals surface area contributed by atoms with E-state index in [-0.39, 0.29) is 17.7 Å². The first-order valence-corrected chi connectivity index (χ1v) is 9.20. The van der Waals surface area contributed by atoms with E-state index in [4.69, 9.17) is 0 Å². The summed E-state index contributed by atoms with van der Waals surface area (Å²) >= 11 is 0. The molecule has 0 N–H and O–H groups in total. The summed E-state index contributed by atoms with van der Waals surface area (Å²) in [6.45, 7) is 10.2. The van der Waals surface area contributed by atoms with Crippen molar-refractivity contribution in [3.63, 3.8) is 0 Å². The molecule has 0 aliphatic carbocycles. The molecule has 3 rings (SSSR count). The number of hydrogen-bond donors (Lipinski definition) is 0. The Bertz CT molecular complexity index is 847. The first kappa shape index (κ1) is 18.3. The molecule has 1 aromatic heterocycles. The average molecular weight is 354 g/mol. The van der Waals surface area contributed by atoms with E-state index in [0.717, 1.165) is 28.8 Å². The minimum Gasteiger partial charge on any atom is -0.341 e. The molecule has 138 valence electrons. The molecule has 0 radical (unpaired) electrons. The van der Waals surface area contributed by atoms with Crippen molar-refractivity contribution < 1.29 is 9.59 Å². The zero-order chi connectivity index (χ0) is 18.8. The highest BCUT2D eigenvalue weighted by atomic mass is 16.2. The molecule has 26 heavy (non-hydrogen) atoms. The molecule has 2 aromatic rings. The Hall–Kier alpha value is -2.50. The second kappa shape index (κ2) is 7.40. The summed E-state index contributed by atoms with van der Waals surface area (Å²) in [6, 6.07) is 5.49. The number of fused-ring (bicyclic) bond motifs is 1. The summed E-state index contributed by atoms with van der Waals surface area (Å²) in [5.41, 5.74) is 3.94.